The Balaban J connectivity index is 2.02. The van der Waals surface area contributed by atoms with Crippen LogP contribution >= 0.6 is 0 Å². The first-order valence-corrected chi connectivity index (χ1v) is 6.60. The second-order valence-corrected chi connectivity index (χ2v) is 4.74. The number of nitrogens with zero attached hydrogens (tertiary/aromatic N) is 2. The van der Waals surface area contributed by atoms with Gasteiger partial charge in [-0.3, -0.25) is 4.68 Å². The Hall–Kier alpha value is -0.950. The van der Waals surface area contributed by atoms with E-state index in [1.807, 2.05) is 30.9 Å². The van der Waals surface area contributed by atoms with Crippen molar-refractivity contribution >= 4 is 0 Å². The van der Waals surface area contributed by atoms with Gasteiger partial charge in [-0.2, -0.15) is 5.10 Å². The van der Waals surface area contributed by atoms with Crippen molar-refractivity contribution in [3.63, 3.8) is 0 Å². The molecule has 0 fully saturated rings. The second kappa shape index (κ2) is 9.03. The third-order valence-corrected chi connectivity index (χ3v) is 2.63. The van der Waals surface area contributed by atoms with Crippen molar-refractivity contribution in [2.24, 2.45) is 0 Å². The van der Waals surface area contributed by atoms with E-state index >= 15 is 0 Å². The molecule has 0 aliphatic rings. The fraction of sp³-hybridized carbons (Fsp3) is 0.769. The Labute approximate surface area is 114 Å². The van der Waals surface area contributed by atoms with Crippen LogP contribution < -0.4 is 5.32 Å². The lowest BCUT2D eigenvalue weighted by Crippen LogP contribution is -2.33. The molecular formula is C13H25N3O3. The number of hydrogen-bond donors (Lipinski definition) is 2. The summed E-state index contributed by atoms with van der Waals surface area (Å²) in [5.74, 6) is 0. The van der Waals surface area contributed by atoms with Crippen LogP contribution in [0.25, 0.3) is 0 Å². The third-order valence-electron chi connectivity index (χ3n) is 2.63. The van der Waals surface area contributed by atoms with E-state index in [4.69, 9.17) is 9.47 Å². The summed E-state index contributed by atoms with van der Waals surface area (Å²) in [7, 11) is 1.63. The zero-order valence-corrected chi connectivity index (χ0v) is 12.0. The van der Waals surface area contributed by atoms with Crippen molar-refractivity contribution in [3.8, 4) is 0 Å². The molecule has 0 aliphatic carbocycles. The van der Waals surface area contributed by atoms with E-state index in [0.29, 0.717) is 19.8 Å². The van der Waals surface area contributed by atoms with E-state index in [9.17, 15) is 5.11 Å². The molecule has 2 atom stereocenters. The highest BCUT2D eigenvalue weighted by atomic mass is 16.5. The van der Waals surface area contributed by atoms with Crippen molar-refractivity contribution in [3.05, 3.63) is 18.0 Å². The summed E-state index contributed by atoms with van der Waals surface area (Å²) >= 11 is 0. The highest BCUT2D eigenvalue weighted by molar-refractivity contribution is 4.99. The van der Waals surface area contributed by atoms with E-state index in [1.165, 1.54) is 0 Å². The lowest BCUT2D eigenvalue weighted by atomic mass is 10.3. The van der Waals surface area contributed by atoms with E-state index in [1.54, 1.807) is 7.11 Å². The Bertz CT molecular complexity index is 344. The molecule has 6 heteroatoms. The van der Waals surface area contributed by atoms with E-state index < -0.39 is 6.10 Å². The van der Waals surface area contributed by atoms with Gasteiger partial charge in [0.2, 0.25) is 0 Å². The zero-order chi connectivity index (χ0) is 14.1. The average molecular weight is 271 g/mol. The summed E-state index contributed by atoms with van der Waals surface area (Å²) in [5, 5.41) is 17.1. The smallest absolute Gasteiger partial charge is 0.0897 e. The van der Waals surface area contributed by atoms with Crippen LogP contribution in [0.3, 0.4) is 0 Å². The van der Waals surface area contributed by atoms with Crippen LogP contribution in [0.15, 0.2) is 12.4 Å². The topological polar surface area (TPSA) is 68.5 Å². The molecule has 0 bridgehead atoms. The lowest BCUT2D eigenvalue weighted by Gasteiger charge is -2.16. The molecule has 0 saturated carbocycles. The molecule has 0 amide bonds. The van der Waals surface area contributed by atoms with Gasteiger partial charge in [0.05, 0.1) is 38.2 Å². The Morgan fingerprint density at radius 2 is 2.26 bits per heavy atom. The van der Waals surface area contributed by atoms with Gasteiger partial charge < -0.3 is 19.9 Å². The van der Waals surface area contributed by atoms with Crippen molar-refractivity contribution in [2.45, 2.75) is 32.6 Å². The summed E-state index contributed by atoms with van der Waals surface area (Å²) in [6.45, 7) is 6.87. The van der Waals surface area contributed by atoms with Crippen LogP contribution in [0, 0.1) is 6.92 Å². The quantitative estimate of drug-likeness (QED) is 0.595. The standard InChI is InChI=1S/C13H25N3O3/c1-11-6-15-16(8-11)5-4-14-7-13(17)10-19-12(2)9-18-3/h6,8,12-14,17H,4-5,7,9-10H2,1-3H3. The Morgan fingerprint density at radius 3 is 2.89 bits per heavy atom. The Morgan fingerprint density at radius 1 is 1.47 bits per heavy atom. The molecule has 110 valence electrons. The highest BCUT2D eigenvalue weighted by Crippen LogP contribution is 1.94. The van der Waals surface area contributed by atoms with E-state index in [0.717, 1.165) is 18.7 Å². The van der Waals surface area contributed by atoms with Gasteiger partial charge in [0.15, 0.2) is 0 Å². The number of aliphatic hydroxyl groups excluding tert-OH is 1. The SMILES string of the molecule is COCC(C)OCC(O)CNCCn1cc(C)cn1. The van der Waals surface area contributed by atoms with Gasteiger partial charge >= 0.3 is 0 Å². The first-order chi connectivity index (χ1) is 9.11. The van der Waals surface area contributed by atoms with Crippen LogP contribution in [0.2, 0.25) is 0 Å². The predicted molar refractivity (Wildman–Crippen MR) is 73.1 cm³/mol. The monoisotopic (exact) mass is 271 g/mol. The van der Waals surface area contributed by atoms with Crippen LogP contribution in [0.5, 0.6) is 0 Å². The zero-order valence-electron chi connectivity index (χ0n) is 12.0. The molecule has 1 aromatic heterocycles. The maximum absolute atomic E-state index is 9.72. The third kappa shape index (κ3) is 7.27. The highest BCUT2D eigenvalue weighted by Gasteiger charge is 2.07. The summed E-state index contributed by atoms with van der Waals surface area (Å²) in [6.07, 6.45) is 3.33. The summed E-state index contributed by atoms with van der Waals surface area (Å²) < 4.78 is 12.3. The summed E-state index contributed by atoms with van der Waals surface area (Å²) in [4.78, 5) is 0. The summed E-state index contributed by atoms with van der Waals surface area (Å²) in [5.41, 5.74) is 1.15. The maximum atomic E-state index is 9.72. The van der Waals surface area contributed by atoms with Gasteiger partial charge in [-0.25, -0.2) is 0 Å². The number of aryl methyl sites for hydroxylation is 1. The van der Waals surface area contributed by atoms with Crippen molar-refractivity contribution in [2.75, 3.05) is 33.4 Å². The van der Waals surface area contributed by atoms with Gasteiger partial charge in [0, 0.05) is 26.4 Å². The van der Waals surface area contributed by atoms with E-state index in [2.05, 4.69) is 10.4 Å². The lowest BCUT2D eigenvalue weighted by molar-refractivity contribution is -0.0310. The number of nitrogens with one attached hydrogen (secondary N) is 1. The molecule has 0 radical (unpaired) electrons. The van der Waals surface area contributed by atoms with Gasteiger partial charge in [-0.1, -0.05) is 0 Å². The molecule has 0 aliphatic heterocycles. The number of aromatic nitrogens is 2. The van der Waals surface area contributed by atoms with Crippen LogP contribution in [-0.2, 0) is 16.0 Å². The molecule has 0 saturated heterocycles. The molecule has 6 nitrogen and oxygen atoms in total. The minimum atomic E-state index is -0.501. The average Bonchev–Trinajstić information content (AvgIpc) is 2.78. The van der Waals surface area contributed by atoms with E-state index in [-0.39, 0.29) is 6.10 Å². The molecule has 1 rings (SSSR count). The number of rotatable bonds is 10. The van der Waals surface area contributed by atoms with Gasteiger partial charge in [0.25, 0.3) is 0 Å². The maximum Gasteiger partial charge on any atom is 0.0897 e. The predicted octanol–water partition coefficient (Wildman–Crippen LogP) is 0.194. The van der Waals surface area contributed by atoms with Gasteiger partial charge in [-0.15, -0.1) is 0 Å². The molecule has 1 heterocycles. The molecule has 2 N–H and O–H groups in total. The van der Waals surface area contributed by atoms with Crippen LogP contribution in [0.4, 0.5) is 0 Å². The fourth-order valence-corrected chi connectivity index (χ4v) is 1.67. The summed E-state index contributed by atoms with van der Waals surface area (Å²) in [6, 6.07) is 0. The first kappa shape index (κ1) is 16.1. The molecule has 0 spiro atoms. The molecule has 19 heavy (non-hydrogen) atoms. The van der Waals surface area contributed by atoms with Crippen LogP contribution in [-0.4, -0.2) is 60.5 Å². The van der Waals surface area contributed by atoms with Gasteiger partial charge in [-0.05, 0) is 19.4 Å². The van der Waals surface area contributed by atoms with Crippen LogP contribution in [0.1, 0.15) is 12.5 Å². The number of hydrogen-bond acceptors (Lipinski definition) is 5. The molecule has 1 aromatic rings. The molecule has 2 unspecified atom stereocenters. The molecular weight excluding hydrogens is 246 g/mol. The largest absolute Gasteiger partial charge is 0.389 e. The van der Waals surface area contributed by atoms with Crippen molar-refractivity contribution < 1.29 is 14.6 Å². The number of aliphatic hydroxyl groups is 1. The Kier molecular flexibility index (Phi) is 7.66. The normalized spacial score (nSPS) is 14.5. The van der Waals surface area contributed by atoms with Gasteiger partial charge in [0.1, 0.15) is 0 Å². The molecule has 0 aromatic carbocycles. The minimum absolute atomic E-state index is 0.00620. The minimum Gasteiger partial charge on any atom is -0.389 e. The second-order valence-electron chi connectivity index (χ2n) is 4.74. The van der Waals surface area contributed by atoms with Crippen molar-refractivity contribution in [1.82, 2.24) is 15.1 Å². The number of ether oxygens (including phenoxy) is 2. The fourth-order valence-electron chi connectivity index (χ4n) is 1.67. The van der Waals surface area contributed by atoms with Crippen molar-refractivity contribution in [1.29, 1.82) is 0 Å². The number of methoxy groups -OCH3 is 1. The first-order valence-electron chi connectivity index (χ1n) is 6.60.